The molecule has 6 heteroatoms. The highest BCUT2D eigenvalue weighted by atomic mass is 32.1. The fourth-order valence-electron chi connectivity index (χ4n) is 4.00. The number of hydrogen-bond donors (Lipinski definition) is 0. The van der Waals surface area contributed by atoms with Crippen LogP contribution in [0.4, 0.5) is 0 Å². The van der Waals surface area contributed by atoms with Crippen LogP contribution in [0.25, 0.3) is 0 Å². The summed E-state index contributed by atoms with van der Waals surface area (Å²) in [6.45, 7) is 3.96. The van der Waals surface area contributed by atoms with Crippen LogP contribution in [0.2, 0.25) is 0 Å². The summed E-state index contributed by atoms with van der Waals surface area (Å²) in [5.74, 6) is 0.269. The Morgan fingerprint density at radius 3 is 2.71 bits per heavy atom. The second kappa shape index (κ2) is 6.84. The van der Waals surface area contributed by atoms with E-state index in [1.165, 1.54) is 16.9 Å². The molecule has 4 rings (SSSR count). The van der Waals surface area contributed by atoms with Gasteiger partial charge in [-0.05, 0) is 43.7 Å². The number of carbonyl (C=O) groups is 2. The van der Waals surface area contributed by atoms with Gasteiger partial charge in [-0.2, -0.15) is 0 Å². The molecule has 0 unspecified atom stereocenters. The van der Waals surface area contributed by atoms with Crippen molar-refractivity contribution in [3.63, 3.8) is 0 Å². The van der Waals surface area contributed by atoms with Crippen molar-refractivity contribution >= 4 is 23.2 Å². The second-order valence-electron chi connectivity index (χ2n) is 6.94. The van der Waals surface area contributed by atoms with Crippen molar-refractivity contribution in [2.24, 2.45) is 5.92 Å². The lowest BCUT2D eigenvalue weighted by atomic mass is 9.96. The van der Waals surface area contributed by atoms with E-state index in [1.807, 2.05) is 9.80 Å². The molecule has 1 aromatic rings. The van der Waals surface area contributed by atoms with Gasteiger partial charge >= 0.3 is 0 Å². The Morgan fingerprint density at radius 1 is 1.08 bits per heavy atom. The number of rotatable bonds is 2. The zero-order valence-electron chi connectivity index (χ0n) is 14.0. The fraction of sp³-hybridized carbons (Fsp3) is 0.667. The Balaban J connectivity index is 1.42. The molecular weight excluding hydrogens is 324 g/mol. The van der Waals surface area contributed by atoms with Crippen molar-refractivity contribution in [3.8, 4) is 0 Å². The molecule has 0 N–H and O–H groups in total. The molecule has 0 saturated carbocycles. The van der Waals surface area contributed by atoms with Crippen LogP contribution in [0.1, 0.15) is 39.4 Å². The van der Waals surface area contributed by atoms with Crippen molar-refractivity contribution in [1.29, 1.82) is 0 Å². The number of fused-ring (bicyclic) bond motifs is 1. The predicted octanol–water partition coefficient (Wildman–Crippen LogP) is 1.95. The van der Waals surface area contributed by atoms with E-state index in [4.69, 9.17) is 4.74 Å². The third kappa shape index (κ3) is 3.09. The average molecular weight is 348 g/mol. The van der Waals surface area contributed by atoms with E-state index >= 15 is 0 Å². The van der Waals surface area contributed by atoms with E-state index in [1.54, 1.807) is 11.3 Å². The number of aryl methyl sites for hydroxylation is 2. The lowest BCUT2D eigenvalue weighted by Crippen LogP contribution is -2.49. The highest BCUT2D eigenvalue weighted by Crippen LogP contribution is 2.32. The molecule has 2 fully saturated rings. The number of nitrogens with zero attached hydrogens (tertiary/aromatic N) is 2. The average Bonchev–Trinajstić information content (AvgIpc) is 3.23. The Labute approximate surface area is 146 Å². The number of likely N-dealkylation sites (tertiary alicyclic amines) is 1. The first-order chi connectivity index (χ1) is 11.7. The lowest BCUT2D eigenvalue weighted by Gasteiger charge is -2.36. The molecule has 1 aromatic heterocycles. The first-order valence-corrected chi connectivity index (χ1v) is 9.81. The molecule has 1 atom stereocenters. The quantitative estimate of drug-likeness (QED) is 0.821. The van der Waals surface area contributed by atoms with Crippen molar-refractivity contribution < 1.29 is 14.3 Å². The van der Waals surface area contributed by atoms with Gasteiger partial charge in [0.25, 0.3) is 5.91 Å². The molecule has 24 heavy (non-hydrogen) atoms. The summed E-state index contributed by atoms with van der Waals surface area (Å²) in [5, 5.41) is 0. The molecule has 0 aromatic carbocycles. The number of hydrogen-bond acceptors (Lipinski definition) is 4. The molecule has 3 heterocycles. The third-order valence-electron chi connectivity index (χ3n) is 5.34. The van der Waals surface area contributed by atoms with Gasteiger partial charge in [-0.25, -0.2) is 0 Å². The minimum Gasteiger partial charge on any atom is -0.378 e. The summed E-state index contributed by atoms with van der Waals surface area (Å²) >= 11 is 1.66. The molecule has 0 radical (unpaired) electrons. The van der Waals surface area contributed by atoms with E-state index < -0.39 is 0 Å². The van der Waals surface area contributed by atoms with Crippen molar-refractivity contribution in [3.05, 3.63) is 21.4 Å². The van der Waals surface area contributed by atoms with Crippen molar-refractivity contribution in [2.75, 3.05) is 39.4 Å². The predicted molar refractivity (Wildman–Crippen MR) is 92.4 cm³/mol. The molecule has 2 amide bonds. The monoisotopic (exact) mass is 348 g/mol. The molecule has 130 valence electrons. The van der Waals surface area contributed by atoms with E-state index in [2.05, 4.69) is 6.07 Å². The smallest absolute Gasteiger partial charge is 0.263 e. The van der Waals surface area contributed by atoms with E-state index in [0.717, 1.165) is 37.1 Å². The SMILES string of the molecule is O=C(c1cc2c(s1)CCC2)N1CCC[C@@H](C(=O)N2CCOCC2)C1. The van der Waals surface area contributed by atoms with Gasteiger partial charge in [-0.3, -0.25) is 9.59 Å². The summed E-state index contributed by atoms with van der Waals surface area (Å²) in [7, 11) is 0. The first kappa shape index (κ1) is 16.1. The van der Waals surface area contributed by atoms with Gasteiger partial charge in [0.05, 0.1) is 24.0 Å². The van der Waals surface area contributed by atoms with Crippen LogP contribution < -0.4 is 0 Å². The Kier molecular flexibility index (Phi) is 4.59. The van der Waals surface area contributed by atoms with Gasteiger partial charge in [0.2, 0.25) is 5.91 Å². The largest absolute Gasteiger partial charge is 0.378 e. The Morgan fingerprint density at radius 2 is 1.92 bits per heavy atom. The van der Waals surface area contributed by atoms with Gasteiger partial charge in [0.15, 0.2) is 0 Å². The molecule has 2 saturated heterocycles. The maximum absolute atomic E-state index is 12.8. The van der Waals surface area contributed by atoms with Gasteiger partial charge < -0.3 is 14.5 Å². The number of amides is 2. The summed E-state index contributed by atoms with van der Waals surface area (Å²) in [6.07, 6.45) is 5.25. The number of ether oxygens (including phenoxy) is 1. The zero-order valence-corrected chi connectivity index (χ0v) is 14.8. The molecule has 0 bridgehead atoms. The van der Waals surface area contributed by atoms with Crippen molar-refractivity contribution in [1.82, 2.24) is 9.80 Å². The van der Waals surface area contributed by atoms with Crippen LogP contribution in [0.5, 0.6) is 0 Å². The molecule has 3 aliphatic rings. The standard InChI is InChI=1S/C18H24N2O3S/c21-17(19-7-9-23-10-8-19)14-4-2-6-20(12-14)18(22)16-11-13-3-1-5-15(13)24-16/h11,14H,1-10,12H2/t14-/m1/s1. The number of morpholine rings is 1. The first-order valence-electron chi connectivity index (χ1n) is 9.00. The van der Waals surface area contributed by atoms with E-state index in [-0.39, 0.29) is 17.7 Å². The second-order valence-corrected chi connectivity index (χ2v) is 8.08. The minimum atomic E-state index is -0.0485. The molecular formula is C18H24N2O3S. The molecule has 2 aliphatic heterocycles. The topological polar surface area (TPSA) is 49.9 Å². The fourth-order valence-corrected chi connectivity index (χ4v) is 5.22. The number of thiophene rings is 1. The maximum Gasteiger partial charge on any atom is 0.263 e. The summed E-state index contributed by atoms with van der Waals surface area (Å²) in [4.78, 5) is 31.6. The number of carbonyl (C=O) groups excluding carboxylic acids is 2. The lowest BCUT2D eigenvalue weighted by molar-refractivity contribution is -0.141. The van der Waals surface area contributed by atoms with Gasteiger partial charge in [0, 0.05) is 31.1 Å². The molecule has 1 aliphatic carbocycles. The highest BCUT2D eigenvalue weighted by Gasteiger charge is 2.33. The molecule has 5 nitrogen and oxygen atoms in total. The van der Waals surface area contributed by atoms with Crippen LogP contribution >= 0.6 is 11.3 Å². The van der Waals surface area contributed by atoms with Crippen LogP contribution in [-0.4, -0.2) is 61.0 Å². The highest BCUT2D eigenvalue weighted by molar-refractivity contribution is 7.14. The third-order valence-corrected chi connectivity index (χ3v) is 6.56. The summed E-state index contributed by atoms with van der Waals surface area (Å²) in [5.41, 5.74) is 1.36. The molecule has 0 spiro atoms. The van der Waals surface area contributed by atoms with Gasteiger partial charge in [-0.1, -0.05) is 0 Å². The normalized spacial score (nSPS) is 24.1. The number of piperidine rings is 1. The van der Waals surface area contributed by atoms with Crippen LogP contribution in [0.15, 0.2) is 6.07 Å². The Hall–Kier alpha value is -1.40. The van der Waals surface area contributed by atoms with E-state index in [9.17, 15) is 9.59 Å². The summed E-state index contributed by atoms with van der Waals surface area (Å²) < 4.78 is 5.33. The van der Waals surface area contributed by atoms with E-state index in [0.29, 0.717) is 32.8 Å². The van der Waals surface area contributed by atoms with Crippen LogP contribution in [-0.2, 0) is 22.4 Å². The van der Waals surface area contributed by atoms with Gasteiger partial charge in [-0.15, -0.1) is 11.3 Å². The Bertz CT molecular complexity index is 615. The van der Waals surface area contributed by atoms with Crippen molar-refractivity contribution in [2.45, 2.75) is 32.1 Å². The zero-order chi connectivity index (χ0) is 16.5. The van der Waals surface area contributed by atoms with Crippen LogP contribution in [0.3, 0.4) is 0 Å². The maximum atomic E-state index is 12.8. The summed E-state index contributed by atoms with van der Waals surface area (Å²) in [6, 6.07) is 2.09. The van der Waals surface area contributed by atoms with Gasteiger partial charge in [0.1, 0.15) is 0 Å². The minimum absolute atomic E-state index is 0.0485. The van der Waals surface area contributed by atoms with Crippen LogP contribution in [0, 0.1) is 5.92 Å².